The first-order valence-corrected chi connectivity index (χ1v) is 15.3. The second-order valence-corrected chi connectivity index (χ2v) is 11.9. The molecule has 15 heteroatoms. The lowest BCUT2D eigenvalue weighted by atomic mass is 9.83. The van der Waals surface area contributed by atoms with Crippen LogP contribution in [-0.4, -0.2) is 60.9 Å². The van der Waals surface area contributed by atoms with Crippen LogP contribution < -0.4 is 15.5 Å². The largest absolute Gasteiger partial charge is 0.368 e. The third-order valence-corrected chi connectivity index (χ3v) is 9.16. The summed E-state index contributed by atoms with van der Waals surface area (Å²) in [7, 11) is 1.95. The number of nitriles is 1. The number of hydrogen-bond donors (Lipinski definition) is 1. The van der Waals surface area contributed by atoms with Crippen LogP contribution in [0.4, 0.5) is 29.2 Å². The van der Waals surface area contributed by atoms with Crippen molar-refractivity contribution in [2.45, 2.75) is 18.4 Å². The van der Waals surface area contributed by atoms with Gasteiger partial charge in [0.15, 0.2) is 5.54 Å². The van der Waals surface area contributed by atoms with Gasteiger partial charge in [0.2, 0.25) is 5.95 Å². The molecular formula is C34H28F4N10O. The molecule has 1 saturated heterocycles. The fourth-order valence-electron chi connectivity index (χ4n) is 6.35. The molecule has 6 aromatic rings. The number of nitrogens with zero attached hydrogens (tertiary/aromatic N) is 9. The predicted molar refractivity (Wildman–Crippen MR) is 173 cm³/mol. The van der Waals surface area contributed by atoms with Gasteiger partial charge in [0.25, 0.3) is 0 Å². The van der Waals surface area contributed by atoms with Crippen molar-refractivity contribution in [2.75, 3.05) is 36.0 Å². The maximum atomic E-state index is 16.4. The predicted octanol–water partition coefficient (Wildman–Crippen LogP) is 4.95. The van der Waals surface area contributed by atoms with Crippen LogP contribution in [0.15, 0.2) is 83.8 Å². The van der Waals surface area contributed by atoms with Crippen LogP contribution in [0.1, 0.15) is 23.7 Å². The van der Waals surface area contributed by atoms with E-state index in [1.54, 1.807) is 6.07 Å². The van der Waals surface area contributed by atoms with Gasteiger partial charge in [-0.2, -0.15) is 18.7 Å². The lowest BCUT2D eigenvalue weighted by Gasteiger charge is -2.36. The molecule has 0 aliphatic carbocycles. The molecule has 1 atom stereocenters. The molecule has 1 N–H and O–H groups in total. The van der Waals surface area contributed by atoms with Crippen LogP contribution in [0.25, 0.3) is 22.2 Å². The summed E-state index contributed by atoms with van der Waals surface area (Å²) in [5.74, 6) is -5.41. The van der Waals surface area contributed by atoms with E-state index in [4.69, 9.17) is 4.98 Å². The number of benzene rings is 3. The molecule has 7 rings (SSSR count). The summed E-state index contributed by atoms with van der Waals surface area (Å²) >= 11 is 0. The smallest absolute Gasteiger partial charge is 0.362 e. The van der Waals surface area contributed by atoms with E-state index in [0.717, 1.165) is 79.5 Å². The Balaban J connectivity index is 1.08. The van der Waals surface area contributed by atoms with E-state index in [2.05, 4.69) is 31.3 Å². The van der Waals surface area contributed by atoms with Gasteiger partial charge >= 0.3 is 11.6 Å². The summed E-state index contributed by atoms with van der Waals surface area (Å²) in [6.07, 6.45) is 1.28. The Morgan fingerprint density at radius 2 is 1.61 bits per heavy atom. The van der Waals surface area contributed by atoms with E-state index in [1.807, 2.05) is 53.1 Å². The first-order valence-electron chi connectivity index (χ1n) is 15.3. The van der Waals surface area contributed by atoms with E-state index in [1.165, 1.54) is 12.3 Å². The minimum absolute atomic E-state index is 0.335. The van der Waals surface area contributed by atoms with E-state index in [9.17, 15) is 18.8 Å². The molecule has 4 heterocycles. The molecule has 1 aliphatic heterocycles. The highest BCUT2D eigenvalue weighted by molar-refractivity contribution is 5.80. The second kappa shape index (κ2) is 11.9. The summed E-state index contributed by atoms with van der Waals surface area (Å²) in [4.78, 5) is 25.7. The highest BCUT2D eigenvalue weighted by atomic mass is 19.3. The molecule has 3 aromatic carbocycles. The van der Waals surface area contributed by atoms with Crippen LogP contribution in [0.2, 0.25) is 0 Å². The van der Waals surface area contributed by atoms with Gasteiger partial charge < -0.3 is 14.4 Å². The minimum Gasteiger partial charge on any atom is -0.368 e. The van der Waals surface area contributed by atoms with Gasteiger partial charge in [0.05, 0.1) is 22.7 Å². The Morgan fingerprint density at radius 3 is 2.24 bits per heavy atom. The number of hydrogen-bond acceptors (Lipinski definition) is 8. The fraction of sp³-hybridized carbons (Fsp3) is 0.235. The molecule has 0 unspecified atom stereocenters. The topological polar surface area (TPSA) is 125 Å². The summed E-state index contributed by atoms with van der Waals surface area (Å²) < 4.78 is 63.7. The number of imidazole rings is 1. The van der Waals surface area contributed by atoms with Crippen LogP contribution in [-0.2, 0) is 18.5 Å². The molecular weight excluding hydrogens is 640 g/mol. The Morgan fingerprint density at radius 1 is 0.898 bits per heavy atom. The maximum Gasteiger partial charge on any atom is 0.362 e. The summed E-state index contributed by atoms with van der Waals surface area (Å²) in [5.41, 5.74) is -0.657. The average Bonchev–Trinajstić information content (AvgIpc) is 3.70. The number of aryl methyl sites for hydroxylation is 1. The van der Waals surface area contributed by atoms with Crippen molar-refractivity contribution in [2.24, 2.45) is 7.05 Å². The number of piperazine rings is 1. The SMILES string of the molecule is Cn1c(N2CCN(c3ccc(-c4ccc(C(F)(F)[C@@](C)(c5ccc(F)cc5F)n5nn[nH]c5=O)nc4)cc3)CC2)nc2ccc(C#N)cc21. The van der Waals surface area contributed by atoms with E-state index >= 15 is 8.78 Å². The van der Waals surface area contributed by atoms with Crippen molar-refractivity contribution in [3.8, 4) is 17.2 Å². The summed E-state index contributed by atoms with van der Waals surface area (Å²) in [6, 6.07) is 20.0. The monoisotopic (exact) mass is 668 g/mol. The molecule has 248 valence electrons. The molecule has 1 fully saturated rings. The minimum atomic E-state index is -4.00. The summed E-state index contributed by atoms with van der Waals surface area (Å²) in [5, 5.41) is 18.0. The van der Waals surface area contributed by atoms with Crippen LogP contribution in [0.3, 0.4) is 0 Å². The van der Waals surface area contributed by atoms with Crippen molar-refractivity contribution >= 4 is 22.7 Å². The van der Waals surface area contributed by atoms with Crippen molar-refractivity contribution in [1.82, 2.24) is 34.7 Å². The van der Waals surface area contributed by atoms with Crippen LogP contribution in [0, 0.1) is 23.0 Å². The molecule has 0 amide bonds. The van der Waals surface area contributed by atoms with Crippen molar-refractivity contribution < 1.29 is 17.6 Å². The van der Waals surface area contributed by atoms with Gasteiger partial charge in [-0.25, -0.2) is 23.7 Å². The fourth-order valence-corrected chi connectivity index (χ4v) is 6.35. The molecule has 3 aromatic heterocycles. The average molecular weight is 669 g/mol. The first kappa shape index (κ1) is 31.6. The molecule has 0 saturated carbocycles. The first-order chi connectivity index (χ1) is 23.5. The van der Waals surface area contributed by atoms with Crippen molar-refractivity contribution in [1.29, 1.82) is 5.26 Å². The zero-order valence-corrected chi connectivity index (χ0v) is 26.3. The highest BCUT2D eigenvalue weighted by Crippen LogP contribution is 2.47. The zero-order valence-electron chi connectivity index (χ0n) is 26.3. The number of tetrazole rings is 1. The Kier molecular flexibility index (Phi) is 7.65. The number of anilines is 2. The number of pyridine rings is 1. The molecule has 1 aliphatic rings. The number of aromatic amines is 1. The molecule has 0 spiro atoms. The number of aromatic nitrogens is 7. The molecule has 49 heavy (non-hydrogen) atoms. The Labute approximate surface area is 276 Å². The van der Waals surface area contributed by atoms with Gasteiger partial charge in [0, 0.05) is 62.3 Å². The van der Waals surface area contributed by atoms with E-state index in [-0.39, 0.29) is 0 Å². The quantitative estimate of drug-likeness (QED) is 0.237. The lowest BCUT2D eigenvalue weighted by Crippen LogP contribution is -2.52. The summed E-state index contributed by atoms with van der Waals surface area (Å²) in [6.45, 7) is 3.90. The van der Waals surface area contributed by atoms with Gasteiger partial charge in [-0.3, -0.25) is 4.98 Å². The maximum absolute atomic E-state index is 16.4. The molecule has 0 radical (unpaired) electrons. The number of alkyl halides is 2. The van der Waals surface area contributed by atoms with E-state index < -0.39 is 40.0 Å². The molecule has 11 nitrogen and oxygen atoms in total. The van der Waals surface area contributed by atoms with Crippen LogP contribution in [0.5, 0.6) is 0 Å². The van der Waals surface area contributed by atoms with Gasteiger partial charge in [-0.1, -0.05) is 24.3 Å². The van der Waals surface area contributed by atoms with E-state index in [0.29, 0.717) is 21.9 Å². The third-order valence-electron chi connectivity index (χ3n) is 9.16. The number of nitrogens with one attached hydrogen (secondary N) is 1. The lowest BCUT2D eigenvalue weighted by molar-refractivity contribution is -0.104. The number of H-pyrrole nitrogens is 1. The van der Waals surface area contributed by atoms with Gasteiger partial charge in [-0.05, 0) is 65.4 Å². The van der Waals surface area contributed by atoms with Crippen molar-refractivity contribution in [3.05, 3.63) is 118 Å². The normalized spacial score (nSPS) is 15.0. The van der Waals surface area contributed by atoms with Crippen molar-refractivity contribution in [3.63, 3.8) is 0 Å². The Hall–Kier alpha value is -6.04. The number of fused-ring (bicyclic) bond motifs is 1. The number of rotatable bonds is 7. The van der Waals surface area contributed by atoms with Gasteiger partial charge in [-0.15, -0.1) is 0 Å². The number of halogens is 4. The molecule has 0 bridgehead atoms. The standard InChI is InChI=1S/C34H28F4N10O/c1-33(48-32(49)42-43-44-48,26-10-7-24(35)18-27(26)36)34(37,38)30-12-6-23(20-40-30)22-4-8-25(9-5-22)46-13-15-47(16-14-46)31-41-28-11-3-21(19-39)17-29(28)45(31)2/h3-12,17-18,20H,13-16H2,1-2H3,(H,42,44,49)/t33-/m1/s1. The van der Waals surface area contributed by atoms with Gasteiger partial charge in [0.1, 0.15) is 17.3 Å². The highest BCUT2D eigenvalue weighted by Gasteiger charge is 2.58. The van der Waals surface area contributed by atoms with Crippen LogP contribution >= 0.6 is 0 Å². The second-order valence-electron chi connectivity index (χ2n) is 11.9. The third kappa shape index (κ3) is 5.25. The Bertz CT molecular complexity index is 2270. The zero-order chi connectivity index (χ0) is 34.5.